The van der Waals surface area contributed by atoms with Crippen molar-refractivity contribution < 1.29 is 4.74 Å². The third-order valence-corrected chi connectivity index (χ3v) is 2.79. The van der Waals surface area contributed by atoms with Crippen LogP contribution in [-0.2, 0) is 17.7 Å². The molecule has 2 aromatic rings. The zero-order valence-corrected chi connectivity index (χ0v) is 10.4. The molecule has 0 bridgehead atoms. The zero-order chi connectivity index (χ0) is 12.3. The maximum Gasteiger partial charge on any atom is 0.140 e. The zero-order valence-electron chi connectivity index (χ0n) is 10.4. The van der Waals surface area contributed by atoms with E-state index in [4.69, 9.17) is 10.5 Å². The molecular weight excluding hydrogens is 214 g/mol. The number of nitrogens with zero attached hydrogens (tertiary/aromatic N) is 2. The molecule has 1 unspecified atom stereocenters. The number of nitrogens with two attached hydrogens (primary N) is 1. The van der Waals surface area contributed by atoms with Crippen LogP contribution in [0.2, 0.25) is 0 Å². The van der Waals surface area contributed by atoms with Crippen LogP contribution < -0.4 is 5.73 Å². The van der Waals surface area contributed by atoms with Gasteiger partial charge in [0.05, 0.1) is 6.61 Å². The normalized spacial score (nSPS) is 13.1. The number of hydrogen-bond donors (Lipinski definition) is 1. The van der Waals surface area contributed by atoms with Gasteiger partial charge >= 0.3 is 0 Å². The van der Waals surface area contributed by atoms with E-state index in [2.05, 4.69) is 21.8 Å². The van der Waals surface area contributed by atoms with Gasteiger partial charge in [0.1, 0.15) is 5.65 Å². The molecule has 0 saturated heterocycles. The molecule has 0 aliphatic rings. The van der Waals surface area contributed by atoms with Gasteiger partial charge in [0, 0.05) is 37.5 Å². The van der Waals surface area contributed by atoms with Crippen LogP contribution in [0.25, 0.3) is 11.0 Å². The van der Waals surface area contributed by atoms with Gasteiger partial charge in [-0.05, 0) is 31.0 Å². The molecule has 0 aliphatic heterocycles. The Balaban J connectivity index is 2.39. The molecule has 0 spiro atoms. The van der Waals surface area contributed by atoms with Gasteiger partial charge in [-0.1, -0.05) is 0 Å². The molecular formula is C13H19N3O. The monoisotopic (exact) mass is 233 g/mol. The fourth-order valence-corrected chi connectivity index (χ4v) is 2.06. The second-order valence-corrected chi connectivity index (χ2v) is 4.40. The highest BCUT2D eigenvalue weighted by Gasteiger charge is 2.10. The molecule has 2 heterocycles. The van der Waals surface area contributed by atoms with Crippen LogP contribution in [0.5, 0.6) is 0 Å². The van der Waals surface area contributed by atoms with Crippen molar-refractivity contribution in [3.05, 3.63) is 30.1 Å². The molecule has 4 nitrogen and oxygen atoms in total. The first-order valence-electron chi connectivity index (χ1n) is 5.89. The van der Waals surface area contributed by atoms with Crippen LogP contribution in [0.15, 0.2) is 24.5 Å². The van der Waals surface area contributed by atoms with Gasteiger partial charge in [0.2, 0.25) is 0 Å². The molecule has 2 rings (SSSR count). The smallest absolute Gasteiger partial charge is 0.140 e. The predicted octanol–water partition coefficient (Wildman–Crippen LogP) is 1.57. The number of pyridine rings is 1. The number of ether oxygens (including phenoxy) is 1. The van der Waals surface area contributed by atoms with Crippen molar-refractivity contribution in [2.24, 2.45) is 5.73 Å². The van der Waals surface area contributed by atoms with E-state index in [9.17, 15) is 0 Å². The SMILES string of the molecule is COCCn1cc(CC(C)N)c2cccnc21. The van der Waals surface area contributed by atoms with E-state index >= 15 is 0 Å². The second-order valence-electron chi connectivity index (χ2n) is 4.40. The summed E-state index contributed by atoms with van der Waals surface area (Å²) < 4.78 is 7.25. The standard InChI is InChI=1S/C13H19N3O/c1-10(14)8-11-9-16(6-7-17-2)13-12(11)4-3-5-15-13/h3-5,9-10H,6-8,14H2,1-2H3. The number of rotatable bonds is 5. The molecule has 0 radical (unpaired) electrons. The van der Waals surface area contributed by atoms with E-state index < -0.39 is 0 Å². The third kappa shape index (κ3) is 2.65. The Hall–Kier alpha value is -1.39. The van der Waals surface area contributed by atoms with Crippen molar-refractivity contribution in [2.75, 3.05) is 13.7 Å². The van der Waals surface area contributed by atoms with Gasteiger partial charge in [-0.15, -0.1) is 0 Å². The molecule has 0 aliphatic carbocycles. The van der Waals surface area contributed by atoms with Crippen molar-refractivity contribution in [3.8, 4) is 0 Å². The molecule has 4 heteroatoms. The summed E-state index contributed by atoms with van der Waals surface area (Å²) in [6.45, 7) is 3.54. The summed E-state index contributed by atoms with van der Waals surface area (Å²) in [6.07, 6.45) is 4.84. The largest absolute Gasteiger partial charge is 0.383 e. The first-order chi connectivity index (χ1) is 8.22. The molecule has 2 aromatic heterocycles. The van der Waals surface area contributed by atoms with E-state index in [1.807, 2.05) is 19.2 Å². The predicted molar refractivity (Wildman–Crippen MR) is 69.0 cm³/mol. The molecule has 0 amide bonds. The van der Waals surface area contributed by atoms with Crippen LogP contribution in [-0.4, -0.2) is 29.3 Å². The minimum Gasteiger partial charge on any atom is -0.383 e. The van der Waals surface area contributed by atoms with Crippen LogP contribution in [0.1, 0.15) is 12.5 Å². The summed E-state index contributed by atoms with van der Waals surface area (Å²) in [7, 11) is 1.71. The first-order valence-corrected chi connectivity index (χ1v) is 5.89. The topological polar surface area (TPSA) is 53.1 Å². The van der Waals surface area contributed by atoms with Crippen molar-refractivity contribution in [1.29, 1.82) is 0 Å². The first kappa shape index (κ1) is 12.1. The Morgan fingerprint density at radius 1 is 1.53 bits per heavy atom. The molecule has 0 fully saturated rings. The highest BCUT2D eigenvalue weighted by atomic mass is 16.5. The summed E-state index contributed by atoms with van der Waals surface area (Å²) >= 11 is 0. The number of hydrogen-bond acceptors (Lipinski definition) is 3. The Labute approximate surface area is 101 Å². The van der Waals surface area contributed by atoms with Gasteiger partial charge < -0.3 is 15.0 Å². The summed E-state index contributed by atoms with van der Waals surface area (Å²) in [5.41, 5.74) is 8.15. The van der Waals surface area contributed by atoms with E-state index in [0.717, 1.165) is 18.6 Å². The van der Waals surface area contributed by atoms with E-state index in [1.54, 1.807) is 7.11 Å². The second kappa shape index (κ2) is 5.29. The quantitative estimate of drug-likeness (QED) is 0.853. The van der Waals surface area contributed by atoms with Crippen molar-refractivity contribution >= 4 is 11.0 Å². The molecule has 2 N–H and O–H groups in total. The number of methoxy groups -OCH3 is 1. The molecule has 17 heavy (non-hydrogen) atoms. The summed E-state index contributed by atoms with van der Waals surface area (Å²) in [5, 5.41) is 1.20. The molecule has 92 valence electrons. The lowest BCUT2D eigenvalue weighted by Gasteiger charge is -2.02. The van der Waals surface area contributed by atoms with Crippen molar-refractivity contribution in [1.82, 2.24) is 9.55 Å². The summed E-state index contributed by atoms with van der Waals surface area (Å²) in [4.78, 5) is 4.43. The highest BCUT2D eigenvalue weighted by molar-refractivity contribution is 5.80. The Bertz CT molecular complexity index is 490. The fourth-order valence-electron chi connectivity index (χ4n) is 2.06. The Kier molecular flexibility index (Phi) is 3.76. The fraction of sp³-hybridized carbons (Fsp3) is 0.462. The van der Waals surface area contributed by atoms with Crippen molar-refractivity contribution in [3.63, 3.8) is 0 Å². The van der Waals surface area contributed by atoms with E-state index in [-0.39, 0.29) is 6.04 Å². The van der Waals surface area contributed by atoms with Crippen LogP contribution in [0, 0.1) is 0 Å². The van der Waals surface area contributed by atoms with Gasteiger partial charge in [0.15, 0.2) is 0 Å². The molecule has 0 aromatic carbocycles. The van der Waals surface area contributed by atoms with E-state index in [0.29, 0.717) is 6.61 Å². The van der Waals surface area contributed by atoms with Gasteiger partial charge in [-0.25, -0.2) is 4.98 Å². The van der Waals surface area contributed by atoms with Crippen LogP contribution >= 0.6 is 0 Å². The van der Waals surface area contributed by atoms with Gasteiger partial charge in [-0.2, -0.15) is 0 Å². The third-order valence-electron chi connectivity index (χ3n) is 2.79. The highest BCUT2D eigenvalue weighted by Crippen LogP contribution is 2.20. The number of aromatic nitrogens is 2. The Morgan fingerprint density at radius 2 is 2.35 bits per heavy atom. The van der Waals surface area contributed by atoms with Crippen LogP contribution in [0.3, 0.4) is 0 Å². The van der Waals surface area contributed by atoms with E-state index in [1.165, 1.54) is 10.9 Å². The maximum absolute atomic E-state index is 5.87. The molecule has 0 saturated carbocycles. The minimum atomic E-state index is 0.164. The lowest BCUT2D eigenvalue weighted by Crippen LogP contribution is -2.17. The average Bonchev–Trinajstić information content (AvgIpc) is 2.65. The number of fused-ring (bicyclic) bond motifs is 1. The average molecular weight is 233 g/mol. The van der Waals surface area contributed by atoms with Gasteiger partial charge in [-0.3, -0.25) is 0 Å². The lowest BCUT2D eigenvalue weighted by atomic mass is 10.1. The molecule has 1 atom stereocenters. The van der Waals surface area contributed by atoms with Crippen LogP contribution in [0.4, 0.5) is 0 Å². The lowest BCUT2D eigenvalue weighted by molar-refractivity contribution is 0.188. The Morgan fingerprint density at radius 3 is 3.06 bits per heavy atom. The van der Waals surface area contributed by atoms with Gasteiger partial charge in [0.25, 0.3) is 0 Å². The van der Waals surface area contributed by atoms with Crippen molar-refractivity contribution in [2.45, 2.75) is 25.9 Å². The maximum atomic E-state index is 5.87. The summed E-state index contributed by atoms with van der Waals surface area (Å²) in [6, 6.07) is 4.23. The minimum absolute atomic E-state index is 0.164. The summed E-state index contributed by atoms with van der Waals surface area (Å²) in [5.74, 6) is 0.